The summed E-state index contributed by atoms with van der Waals surface area (Å²) in [5.74, 6) is -0.181. The molecule has 0 saturated heterocycles. The zero-order valence-corrected chi connectivity index (χ0v) is 19.6. The number of esters is 1. The molecule has 0 radical (unpaired) electrons. The van der Waals surface area contributed by atoms with Crippen LogP contribution in [0.25, 0.3) is 0 Å². The number of pyridine rings is 1. The van der Waals surface area contributed by atoms with Gasteiger partial charge in [-0.15, -0.1) is 0 Å². The van der Waals surface area contributed by atoms with Gasteiger partial charge < -0.3 is 19.7 Å². The standard InChI is InChI=1S/C18H19F2NO.C8H10N2O2/c1-21(15-8-10-17(11-9-15)22-18(19)20)16-7-6-13-4-2-3-5-14(13)12-16;1-9-7-5-10-4-3-6(7)8(11)12-2/h6-12,18H,2-5H2,1H3;3-5,9H,1-2H3. The Morgan fingerprint density at radius 1 is 1.03 bits per heavy atom. The first-order valence-corrected chi connectivity index (χ1v) is 11.0. The molecule has 1 heterocycles. The second-order valence-electron chi connectivity index (χ2n) is 7.75. The van der Waals surface area contributed by atoms with Crippen molar-refractivity contribution in [2.24, 2.45) is 0 Å². The number of fused-ring (bicyclic) bond motifs is 1. The summed E-state index contributed by atoms with van der Waals surface area (Å²) in [5, 5.41) is 2.85. The Morgan fingerprint density at radius 2 is 1.71 bits per heavy atom. The van der Waals surface area contributed by atoms with Gasteiger partial charge in [0, 0.05) is 31.7 Å². The van der Waals surface area contributed by atoms with Crippen LogP contribution in [0.2, 0.25) is 0 Å². The maximum absolute atomic E-state index is 12.2. The molecule has 0 unspecified atom stereocenters. The van der Waals surface area contributed by atoms with Crippen molar-refractivity contribution in [2.45, 2.75) is 32.3 Å². The molecule has 0 atom stereocenters. The number of hydrogen-bond donors (Lipinski definition) is 1. The first kappa shape index (κ1) is 25.0. The van der Waals surface area contributed by atoms with Crippen LogP contribution in [0, 0.1) is 0 Å². The van der Waals surface area contributed by atoms with E-state index in [-0.39, 0.29) is 11.7 Å². The number of ether oxygens (including phenoxy) is 2. The summed E-state index contributed by atoms with van der Waals surface area (Å²) < 4.78 is 33.3. The van der Waals surface area contributed by atoms with Gasteiger partial charge in [0.1, 0.15) is 5.75 Å². The molecular weight excluding hydrogens is 440 g/mol. The highest BCUT2D eigenvalue weighted by atomic mass is 19.3. The molecular formula is C26H29F2N3O3. The fourth-order valence-corrected chi connectivity index (χ4v) is 3.81. The average Bonchev–Trinajstić information content (AvgIpc) is 2.88. The Kier molecular flexibility index (Phi) is 8.79. The Labute approximate surface area is 198 Å². The van der Waals surface area contributed by atoms with E-state index in [1.54, 1.807) is 49.8 Å². The minimum Gasteiger partial charge on any atom is -0.465 e. The van der Waals surface area contributed by atoms with Crippen LogP contribution in [-0.4, -0.2) is 38.8 Å². The molecule has 1 N–H and O–H groups in total. The summed E-state index contributed by atoms with van der Waals surface area (Å²) in [7, 11) is 5.05. The number of nitrogens with zero attached hydrogens (tertiary/aromatic N) is 2. The fourth-order valence-electron chi connectivity index (χ4n) is 3.81. The highest BCUT2D eigenvalue weighted by Crippen LogP contribution is 2.30. The van der Waals surface area contributed by atoms with Gasteiger partial charge in [-0.1, -0.05) is 6.07 Å². The number of anilines is 3. The van der Waals surface area contributed by atoms with Crippen LogP contribution >= 0.6 is 0 Å². The maximum Gasteiger partial charge on any atom is 0.387 e. The molecule has 1 aliphatic carbocycles. The molecule has 0 spiro atoms. The van der Waals surface area contributed by atoms with E-state index in [0.29, 0.717) is 11.3 Å². The van der Waals surface area contributed by atoms with E-state index in [9.17, 15) is 13.6 Å². The number of benzene rings is 2. The lowest BCUT2D eigenvalue weighted by atomic mass is 9.91. The number of alkyl halides is 2. The number of aromatic nitrogens is 1. The molecule has 6 nitrogen and oxygen atoms in total. The van der Waals surface area contributed by atoms with Crippen molar-refractivity contribution < 1.29 is 23.0 Å². The van der Waals surface area contributed by atoms with E-state index in [1.807, 2.05) is 7.05 Å². The van der Waals surface area contributed by atoms with Crippen LogP contribution in [0.1, 0.15) is 34.3 Å². The molecule has 0 bridgehead atoms. The topological polar surface area (TPSA) is 63.7 Å². The Bertz CT molecular complexity index is 1090. The van der Waals surface area contributed by atoms with Crippen LogP contribution in [0.4, 0.5) is 25.8 Å². The molecule has 0 saturated carbocycles. The van der Waals surface area contributed by atoms with Crippen molar-refractivity contribution in [3.05, 3.63) is 77.6 Å². The van der Waals surface area contributed by atoms with Gasteiger partial charge in [-0.2, -0.15) is 8.78 Å². The van der Waals surface area contributed by atoms with Crippen LogP contribution < -0.4 is 15.0 Å². The number of carbonyl (C=O) groups is 1. The molecule has 1 aliphatic rings. The maximum atomic E-state index is 12.2. The third kappa shape index (κ3) is 6.43. The van der Waals surface area contributed by atoms with Crippen molar-refractivity contribution >= 4 is 23.0 Å². The zero-order valence-electron chi connectivity index (χ0n) is 19.6. The van der Waals surface area contributed by atoms with E-state index >= 15 is 0 Å². The molecule has 34 heavy (non-hydrogen) atoms. The molecule has 180 valence electrons. The van der Waals surface area contributed by atoms with E-state index in [2.05, 4.69) is 42.9 Å². The summed E-state index contributed by atoms with van der Waals surface area (Å²) in [6.07, 6.45) is 7.95. The average molecular weight is 470 g/mol. The molecule has 0 fully saturated rings. The van der Waals surface area contributed by atoms with Gasteiger partial charge in [0.2, 0.25) is 0 Å². The first-order valence-electron chi connectivity index (χ1n) is 11.0. The lowest BCUT2D eigenvalue weighted by Crippen LogP contribution is -2.11. The second kappa shape index (κ2) is 12.0. The molecule has 8 heteroatoms. The van der Waals surface area contributed by atoms with Gasteiger partial charge in [0.15, 0.2) is 0 Å². The zero-order chi connectivity index (χ0) is 24.5. The SMILES string of the molecule is CN(c1ccc(OC(F)F)cc1)c1ccc2c(c1)CCCC2.CNc1cnccc1C(=O)OC. The van der Waals surface area contributed by atoms with Crippen LogP contribution in [-0.2, 0) is 17.6 Å². The minimum atomic E-state index is -2.79. The number of halogens is 2. The van der Waals surface area contributed by atoms with Crippen LogP contribution in [0.5, 0.6) is 5.75 Å². The smallest absolute Gasteiger partial charge is 0.387 e. The van der Waals surface area contributed by atoms with E-state index < -0.39 is 6.61 Å². The number of methoxy groups -OCH3 is 1. The van der Waals surface area contributed by atoms with Gasteiger partial charge in [-0.05, 0) is 79.3 Å². The number of carbonyl (C=O) groups excluding carboxylic acids is 1. The molecule has 4 rings (SSSR count). The number of rotatable bonds is 6. The first-order chi connectivity index (χ1) is 16.4. The molecule has 2 aromatic carbocycles. The summed E-state index contributed by atoms with van der Waals surface area (Å²) in [4.78, 5) is 17.0. The minimum absolute atomic E-state index is 0.178. The normalized spacial score (nSPS) is 12.2. The third-order valence-electron chi connectivity index (χ3n) is 5.66. The molecule has 0 aliphatic heterocycles. The fraction of sp³-hybridized carbons (Fsp3) is 0.308. The van der Waals surface area contributed by atoms with Gasteiger partial charge >= 0.3 is 12.6 Å². The van der Waals surface area contributed by atoms with Gasteiger partial charge in [0.25, 0.3) is 0 Å². The quantitative estimate of drug-likeness (QED) is 0.457. The van der Waals surface area contributed by atoms with Crippen LogP contribution in [0.15, 0.2) is 60.9 Å². The van der Waals surface area contributed by atoms with Crippen molar-refractivity contribution in [1.82, 2.24) is 4.98 Å². The molecule has 1 aromatic heterocycles. The highest BCUT2D eigenvalue weighted by molar-refractivity contribution is 5.95. The lowest BCUT2D eigenvalue weighted by Gasteiger charge is -2.23. The number of nitrogens with one attached hydrogen (secondary N) is 1. The van der Waals surface area contributed by atoms with E-state index in [4.69, 9.17) is 0 Å². The summed E-state index contributed by atoms with van der Waals surface area (Å²) in [6.45, 7) is -2.79. The summed E-state index contributed by atoms with van der Waals surface area (Å²) in [5.41, 5.74) is 6.09. The van der Waals surface area contributed by atoms with Gasteiger partial charge in [-0.3, -0.25) is 4.98 Å². The Hall–Kier alpha value is -3.68. The van der Waals surface area contributed by atoms with Crippen molar-refractivity contribution in [3.63, 3.8) is 0 Å². The predicted molar refractivity (Wildman–Crippen MR) is 129 cm³/mol. The summed E-state index contributed by atoms with van der Waals surface area (Å²) >= 11 is 0. The predicted octanol–water partition coefficient (Wildman–Crippen LogP) is 5.84. The van der Waals surface area contributed by atoms with Crippen LogP contribution in [0.3, 0.4) is 0 Å². The van der Waals surface area contributed by atoms with Crippen molar-refractivity contribution in [2.75, 3.05) is 31.4 Å². The highest BCUT2D eigenvalue weighted by Gasteiger charge is 2.12. The summed E-state index contributed by atoms with van der Waals surface area (Å²) in [6, 6.07) is 14.9. The monoisotopic (exact) mass is 469 g/mol. The van der Waals surface area contributed by atoms with Gasteiger partial charge in [-0.25, -0.2) is 4.79 Å². The third-order valence-corrected chi connectivity index (χ3v) is 5.66. The van der Waals surface area contributed by atoms with Crippen molar-refractivity contribution in [1.29, 1.82) is 0 Å². The number of aryl methyl sites for hydroxylation is 2. The largest absolute Gasteiger partial charge is 0.465 e. The van der Waals surface area contributed by atoms with Crippen molar-refractivity contribution in [3.8, 4) is 5.75 Å². The molecule has 3 aromatic rings. The number of hydrogen-bond acceptors (Lipinski definition) is 6. The lowest BCUT2D eigenvalue weighted by molar-refractivity contribution is -0.0498. The Balaban J connectivity index is 0.000000229. The molecule has 0 amide bonds. The van der Waals surface area contributed by atoms with E-state index in [0.717, 1.165) is 17.8 Å². The van der Waals surface area contributed by atoms with E-state index in [1.165, 1.54) is 37.5 Å². The second-order valence-corrected chi connectivity index (χ2v) is 7.75. The Morgan fingerprint density at radius 3 is 2.35 bits per heavy atom. The van der Waals surface area contributed by atoms with Gasteiger partial charge in [0.05, 0.1) is 24.6 Å².